The highest BCUT2D eigenvalue weighted by Gasteiger charge is 2.31. The topological polar surface area (TPSA) is 209 Å². The van der Waals surface area contributed by atoms with Gasteiger partial charge in [0.2, 0.25) is 23.6 Å². The molecule has 0 aliphatic heterocycles. The maximum absolute atomic E-state index is 13.0. The summed E-state index contributed by atoms with van der Waals surface area (Å²) < 4.78 is 0. The summed E-state index contributed by atoms with van der Waals surface area (Å²) in [6.07, 6.45) is 1.61. The number of carbonyl (C=O) groups excluding carboxylic acids is 4. The zero-order chi connectivity index (χ0) is 27.7. The van der Waals surface area contributed by atoms with E-state index >= 15 is 0 Å². The smallest absolute Gasteiger partial charge is 0.326 e. The highest BCUT2D eigenvalue weighted by atomic mass is 32.1. The minimum absolute atomic E-state index is 0.128. The number of carboxylic acid groups (broad SMARTS) is 1. The van der Waals surface area contributed by atoms with Gasteiger partial charge in [-0.1, -0.05) is 32.0 Å². The van der Waals surface area contributed by atoms with Crippen molar-refractivity contribution in [1.29, 1.82) is 0 Å². The first-order chi connectivity index (χ1) is 17.4. The zero-order valence-electron chi connectivity index (χ0n) is 20.7. The number of H-pyrrole nitrogens is 1. The Kier molecular flexibility index (Phi) is 10.9. The molecule has 1 heterocycles. The van der Waals surface area contributed by atoms with Gasteiger partial charge in [0.1, 0.15) is 18.1 Å². The average Bonchev–Trinajstić information content (AvgIpc) is 3.25. The fraction of sp³-hybridized carbons (Fsp3) is 0.458. The Labute approximate surface area is 219 Å². The summed E-state index contributed by atoms with van der Waals surface area (Å²) in [7, 11) is 0. The van der Waals surface area contributed by atoms with Crippen molar-refractivity contribution >= 4 is 53.1 Å². The average molecular weight is 535 g/mol. The van der Waals surface area contributed by atoms with Crippen LogP contribution in [0.2, 0.25) is 0 Å². The number of fused-ring (bicyclic) bond motifs is 1. The quantitative estimate of drug-likeness (QED) is 0.148. The Morgan fingerprint density at radius 1 is 1.00 bits per heavy atom. The Morgan fingerprint density at radius 2 is 1.62 bits per heavy atom. The van der Waals surface area contributed by atoms with Crippen molar-refractivity contribution in [2.45, 2.75) is 57.3 Å². The first kappa shape index (κ1) is 29.6. The van der Waals surface area contributed by atoms with Crippen molar-refractivity contribution in [1.82, 2.24) is 20.9 Å². The first-order valence-corrected chi connectivity index (χ1v) is 12.4. The van der Waals surface area contributed by atoms with Crippen LogP contribution >= 0.6 is 12.6 Å². The fourth-order valence-corrected chi connectivity index (χ4v) is 3.96. The number of amides is 4. The summed E-state index contributed by atoms with van der Waals surface area (Å²) in [6.45, 7) is 3.25. The van der Waals surface area contributed by atoms with Crippen molar-refractivity contribution < 1.29 is 29.1 Å². The Bertz CT molecular complexity index is 1140. The number of rotatable bonds is 14. The number of thiol groups is 1. The van der Waals surface area contributed by atoms with E-state index in [-0.39, 0.29) is 25.0 Å². The van der Waals surface area contributed by atoms with Gasteiger partial charge in [-0.05, 0) is 30.4 Å². The Hall–Kier alpha value is -3.58. The molecule has 0 radical (unpaired) electrons. The van der Waals surface area contributed by atoms with Crippen LogP contribution in [0, 0.1) is 5.92 Å². The van der Waals surface area contributed by atoms with Crippen LogP contribution in [0.3, 0.4) is 0 Å². The molecule has 1 aromatic heterocycles. The van der Waals surface area contributed by atoms with E-state index in [9.17, 15) is 29.1 Å². The van der Waals surface area contributed by atoms with E-state index in [1.54, 1.807) is 20.0 Å². The summed E-state index contributed by atoms with van der Waals surface area (Å²) >= 11 is 4.08. The van der Waals surface area contributed by atoms with Crippen LogP contribution in [-0.2, 0) is 30.4 Å². The second-order valence-electron chi connectivity index (χ2n) is 9.05. The van der Waals surface area contributed by atoms with Gasteiger partial charge in [-0.25, -0.2) is 4.79 Å². The molecule has 1 aromatic carbocycles. The number of aromatic nitrogens is 1. The number of aromatic amines is 1. The third-order valence-electron chi connectivity index (χ3n) is 5.81. The SMILES string of the molecule is CC(C)C(NC(=O)C(CS)NC(=O)C(CCC(N)=O)NC(=O)C(N)Cc1c[nH]c2ccccc12)C(=O)O. The lowest BCUT2D eigenvalue weighted by atomic mass is 10.0. The van der Waals surface area contributed by atoms with E-state index in [4.69, 9.17) is 11.5 Å². The van der Waals surface area contributed by atoms with Crippen LogP contribution in [-0.4, -0.2) is 69.6 Å². The van der Waals surface area contributed by atoms with Gasteiger partial charge in [-0.3, -0.25) is 19.2 Å². The van der Waals surface area contributed by atoms with Crippen molar-refractivity contribution in [3.63, 3.8) is 0 Å². The largest absolute Gasteiger partial charge is 0.480 e. The molecule has 202 valence electrons. The van der Waals surface area contributed by atoms with Crippen molar-refractivity contribution in [2.24, 2.45) is 17.4 Å². The molecule has 0 saturated heterocycles. The van der Waals surface area contributed by atoms with E-state index in [0.717, 1.165) is 16.5 Å². The van der Waals surface area contributed by atoms with Gasteiger partial charge >= 0.3 is 5.97 Å². The maximum Gasteiger partial charge on any atom is 0.326 e. The Balaban J connectivity index is 2.09. The highest BCUT2D eigenvalue weighted by molar-refractivity contribution is 7.80. The third-order valence-corrected chi connectivity index (χ3v) is 6.18. The van der Waals surface area contributed by atoms with Crippen LogP contribution in [0.15, 0.2) is 30.5 Å². The third kappa shape index (κ3) is 8.50. The van der Waals surface area contributed by atoms with Crippen molar-refractivity contribution in [2.75, 3.05) is 5.75 Å². The molecule has 2 rings (SSSR count). The second kappa shape index (κ2) is 13.7. The van der Waals surface area contributed by atoms with Gasteiger partial charge in [-0.2, -0.15) is 12.6 Å². The van der Waals surface area contributed by atoms with E-state index < -0.39 is 59.7 Å². The minimum Gasteiger partial charge on any atom is -0.480 e. The van der Waals surface area contributed by atoms with Gasteiger partial charge in [-0.15, -0.1) is 0 Å². The molecular formula is C24H34N6O6S. The molecule has 4 unspecified atom stereocenters. The van der Waals surface area contributed by atoms with E-state index in [0.29, 0.717) is 0 Å². The van der Waals surface area contributed by atoms with Crippen LogP contribution in [0.25, 0.3) is 10.9 Å². The normalized spacial score (nSPS) is 14.4. The van der Waals surface area contributed by atoms with Crippen LogP contribution in [0.5, 0.6) is 0 Å². The number of carbonyl (C=O) groups is 5. The molecule has 0 saturated carbocycles. The summed E-state index contributed by atoms with van der Waals surface area (Å²) in [5.74, 6) is -4.59. The predicted octanol–water partition coefficient (Wildman–Crippen LogP) is -0.572. The first-order valence-electron chi connectivity index (χ1n) is 11.8. The van der Waals surface area contributed by atoms with Crippen molar-refractivity contribution in [3.8, 4) is 0 Å². The molecular weight excluding hydrogens is 500 g/mol. The molecule has 0 spiro atoms. The number of primary amides is 1. The predicted molar refractivity (Wildman–Crippen MR) is 141 cm³/mol. The number of hydrogen-bond acceptors (Lipinski definition) is 7. The number of para-hydroxylation sites is 1. The standard InChI is InChI=1S/C24H34N6O6S/c1-12(2)20(24(35)36)30-23(34)18(11-37)29-22(33)17(7-8-19(26)31)28-21(32)15(25)9-13-10-27-16-6-4-3-5-14(13)16/h3-6,10,12,15,17-18,20,27,37H,7-9,11,25H2,1-2H3,(H2,26,31)(H,28,32)(H,29,33)(H,30,34)(H,35,36). The van der Waals surface area contributed by atoms with E-state index in [1.165, 1.54) is 0 Å². The molecule has 4 amide bonds. The van der Waals surface area contributed by atoms with Gasteiger partial charge in [0.15, 0.2) is 0 Å². The number of nitrogens with two attached hydrogens (primary N) is 2. The molecule has 4 atom stereocenters. The molecule has 0 aliphatic rings. The number of hydrogen-bond donors (Lipinski definition) is 8. The molecule has 0 aliphatic carbocycles. The summed E-state index contributed by atoms with van der Waals surface area (Å²) in [5, 5.41) is 17.6. The molecule has 0 fully saturated rings. The number of nitrogens with one attached hydrogen (secondary N) is 4. The van der Waals surface area contributed by atoms with Gasteiger partial charge < -0.3 is 37.5 Å². The summed E-state index contributed by atoms with van der Waals surface area (Å²) in [4.78, 5) is 64.3. The molecule has 13 heteroatoms. The molecule has 2 aromatic rings. The summed E-state index contributed by atoms with van der Waals surface area (Å²) in [6, 6.07) is 2.94. The molecule has 12 nitrogen and oxygen atoms in total. The maximum atomic E-state index is 13.0. The molecule has 37 heavy (non-hydrogen) atoms. The van der Waals surface area contributed by atoms with Gasteiger partial charge in [0.25, 0.3) is 0 Å². The molecule has 9 N–H and O–H groups in total. The van der Waals surface area contributed by atoms with Crippen LogP contribution in [0.4, 0.5) is 0 Å². The minimum atomic E-state index is -1.22. The van der Waals surface area contributed by atoms with Crippen molar-refractivity contribution in [3.05, 3.63) is 36.0 Å². The second-order valence-corrected chi connectivity index (χ2v) is 9.41. The van der Waals surface area contributed by atoms with Crippen LogP contribution in [0.1, 0.15) is 32.3 Å². The number of benzene rings is 1. The fourth-order valence-electron chi connectivity index (χ4n) is 3.70. The lowest BCUT2D eigenvalue weighted by molar-refractivity contribution is -0.143. The lowest BCUT2D eigenvalue weighted by Gasteiger charge is -2.25. The van der Waals surface area contributed by atoms with Gasteiger partial charge in [0, 0.05) is 29.3 Å². The van der Waals surface area contributed by atoms with Crippen LogP contribution < -0.4 is 27.4 Å². The van der Waals surface area contributed by atoms with E-state index in [1.807, 2.05) is 24.3 Å². The zero-order valence-corrected chi connectivity index (χ0v) is 21.6. The Morgan fingerprint density at radius 3 is 2.22 bits per heavy atom. The monoisotopic (exact) mass is 534 g/mol. The lowest BCUT2D eigenvalue weighted by Crippen LogP contribution is -2.58. The highest BCUT2D eigenvalue weighted by Crippen LogP contribution is 2.18. The number of carboxylic acids is 1. The molecule has 0 bridgehead atoms. The summed E-state index contributed by atoms with van der Waals surface area (Å²) in [5.41, 5.74) is 13.0. The number of aliphatic carboxylic acids is 1. The van der Waals surface area contributed by atoms with E-state index in [2.05, 4.69) is 33.6 Å². The van der Waals surface area contributed by atoms with Gasteiger partial charge in [0.05, 0.1) is 6.04 Å².